The molecular formula is C25H24BrClN6O2. The quantitative estimate of drug-likeness (QED) is 0.301. The van der Waals surface area contributed by atoms with E-state index in [2.05, 4.69) is 37.0 Å². The SMILES string of the molecule is C.O=C1CCC(C(=O)Nc2cccc(CNc3cc(-c4ccccc4Cl)nc4c(Br)cnn34)c2)N1. The Balaban J connectivity index is 0.00000289. The zero-order valence-corrected chi connectivity index (χ0v) is 20.2. The Labute approximate surface area is 216 Å². The molecule has 2 aromatic heterocycles. The second-order valence-corrected chi connectivity index (χ2v) is 9.20. The first-order valence-electron chi connectivity index (χ1n) is 10.7. The maximum Gasteiger partial charge on any atom is 0.246 e. The van der Waals surface area contributed by atoms with Gasteiger partial charge < -0.3 is 16.0 Å². The van der Waals surface area contributed by atoms with Crippen LogP contribution < -0.4 is 16.0 Å². The van der Waals surface area contributed by atoms with Crippen LogP contribution in [0.15, 0.2) is 65.3 Å². The molecule has 3 heterocycles. The fourth-order valence-electron chi connectivity index (χ4n) is 3.86. The summed E-state index contributed by atoms with van der Waals surface area (Å²) in [6, 6.07) is 16.5. The first kappa shape index (κ1) is 24.7. The molecule has 0 spiro atoms. The van der Waals surface area contributed by atoms with Crippen LogP contribution in [0.4, 0.5) is 11.5 Å². The summed E-state index contributed by atoms with van der Waals surface area (Å²) in [5.74, 6) is 0.439. The van der Waals surface area contributed by atoms with Crippen LogP contribution in [0.5, 0.6) is 0 Å². The standard InChI is InChI=1S/C24H20BrClN6O2.CH4/c25-17-13-28-32-21(11-20(31-23(17)32)16-6-1-2-7-18(16)26)27-12-14-4-3-5-15(10-14)29-24(34)19-8-9-22(33)30-19;/h1-7,10-11,13,19,27H,8-9,12H2,(H,29,34)(H,30,33);1H4. The molecule has 2 aromatic carbocycles. The molecule has 0 aliphatic carbocycles. The Morgan fingerprint density at radius 3 is 2.80 bits per heavy atom. The van der Waals surface area contributed by atoms with E-state index in [0.29, 0.717) is 35.7 Å². The summed E-state index contributed by atoms with van der Waals surface area (Å²) in [6.45, 7) is 0.489. The Bertz CT molecular complexity index is 1410. The third-order valence-electron chi connectivity index (χ3n) is 5.56. The number of benzene rings is 2. The average molecular weight is 556 g/mol. The van der Waals surface area contributed by atoms with Crippen molar-refractivity contribution in [1.82, 2.24) is 19.9 Å². The largest absolute Gasteiger partial charge is 0.366 e. The topological polar surface area (TPSA) is 100 Å². The van der Waals surface area contributed by atoms with Crippen molar-refractivity contribution in [1.29, 1.82) is 0 Å². The van der Waals surface area contributed by atoms with Crippen molar-refractivity contribution < 1.29 is 9.59 Å². The van der Waals surface area contributed by atoms with Crippen molar-refractivity contribution in [3.05, 3.63) is 75.9 Å². The number of anilines is 2. The van der Waals surface area contributed by atoms with Crippen molar-refractivity contribution in [2.75, 3.05) is 10.6 Å². The second kappa shape index (κ2) is 10.5. The molecule has 8 nitrogen and oxygen atoms in total. The zero-order valence-electron chi connectivity index (χ0n) is 17.9. The van der Waals surface area contributed by atoms with Crippen molar-refractivity contribution >= 4 is 56.5 Å². The van der Waals surface area contributed by atoms with Crippen LogP contribution in [0, 0.1) is 0 Å². The van der Waals surface area contributed by atoms with E-state index < -0.39 is 6.04 Å². The second-order valence-electron chi connectivity index (χ2n) is 7.94. The highest BCUT2D eigenvalue weighted by Gasteiger charge is 2.27. The minimum atomic E-state index is -0.485. The normalized spacial score (nSPS) is 14.9. The van der Waals surface area contributed by atoms with Crippen molar-refractivity contribution in [2.45, 2.75) is 32.9 Å². The van der Waals surface area contributed by atoms with Crippen LogP contribution in [0.3, 0.4) is 0 Å². The highest BCUT2D eigenvalue weighted by molar-refractivity contribution is 9.10. The van der Waals surface area contributed by atoms with Crippen LogP contribution in [-0.2, 0) is 16.1 Å². The lowest BCUT2D eigenvalue weighted by atomic mass is 10.1. The number of carbonyl (C=O) groups is 2. The Hall–Kier alpha value is -3.43. The van der Waals surface area contributed by atoms with Gasteiger partial charge in [0.2, 0.25) is 11.8 Å². The van der Waals surface area contributed by atoms with E-state index in [-0.39, 0.29) is 19.2 Å². The molecule has 35 heavy (non-hydrogen) atoms. The number of hydrogen-bond acceptors (Lipinski definition) is 5. The predicted molar refractivity (Wildman–Crippen MR) is 141 cm³/mol. The van der Waals surface area contributed by atoms with Gasteiger partial charge in [-0.3, -0.25) is 9.59 Å². The van der Waals surface area contributed by atoms with Gasteiger partial charge in [0.25, 0.3) is 0 Å². The number of carbonyl (C=O) groups excluding carboxylic acids is 2. The van der Waals surface area contributed by atoms with Crippen molar-refractivity contribution in [3.63, 3.8) is 0 Å². The highest BCUT2D eigenvalue weighted by atomic mass is 79.9. The molecule has 1 atom stereocenters. The van der Waals surface area contributed by atoms with E-state index >= 15 is 0 Å². The number of amides is 2. The van der Waals surface area contributed by atoms with Gasteiger partial charge in [-0.25, -0.2) is 4.98 Å². The Morgan fingerprint density at radius 2 is 2.03 bits per heavy atom. The van der Waals surface area contributed by atoms with Crippen molar-refractivity contribution in [2.24, 2.45) is 0 Å². The van der Waals surface area contributed by atoms with Crippen LogP contribution in [0.2, 0.25) is 5.02 Å². The molecule has 1 aliphatic rings. The highest BCUT2D eigenvalue weighted by Crippen LogP contribution is 2.30. The summed E-state index contributed by atoms with van der Waals surface area (Å²) >= 11 is 9.92. The number of nitrogens with zero attached hydrogens (tertiary/aromatic N) is 3. The third-order valence-corrected chi connectivity index (χ3v) is 6.45. The molecular weight excluding hydrogens is 532 g/mol. The van der Waals surface area contributed by atoms with Gasteiger partial charge in [0.15, 0.2) is 5.65 Å². The number of fused-ring (bicyclic) bond motifs is 1. The van der Waals surface area contributed by atoms with Crippen LogP contribution >= 0.6 is 27.5 Å². The number of aromatic nitrogens is 3. The molecule has 1 unspecified atom stereocenters. The molecule has 10 heteroatoms. The van der Waals surface area contributed by atoms with Gasteiger partial charge in [-0.2, -0.15) is 9.61 Å². The van der Waals surface area contributed by atoms with Gasteiger partial charge in [0.05, 0.1) is 16.4 Å². The molecule has 5 rings (SSSR count). The summed E-state index contributed by atoms with van der Waals surface area (Å²) in [6.07, 6.45) is 2.58. The molecule has 4 aromatic rings. The molecule has 1 aliphatic heterocycles. The van der Waals surface area contributed by atoms with E-state index in [1.54, 1.807) is 10.7 Å². The maximum atomic E-state index is 12.4. The summed E-state index contributed by atoms with van der Waals surface area (Å²) in [4.78, 5) is 28.5. The summed E-state index contributed by atoms with van der Waals surface area (Å²) in [7, 11) is 0. The first-order chi connectivity index (χ1) is 16.5. The first-order valence-corrected chi connectivity index (χ1v) is 11.9. The third kappa shape index (κ3) is 5.31. The van der Waals surface area contributed by atoms with E-state index in [0.717, 1.165) is 27.1 Å². The lowest BCUT2D eigenvalue weighted by molar-refractivity contribution is -0.122. The smallest absolute Gasteiger partial charge is 0.246 e. The summed E-state index contributed by atoms with van der Waals surface area (Å²) in [5, 5.41) is 14.0. The van der Waals surface area contributed by atoms with Crippen LogP contribution in [0.1, 0.15) is 25.8 Å². The zero-order chi connectivity index (χ0) is 23.7. The van der Waals surface area contributed by atoms with Crippen molar-refractivity contribution in [3.8, 4) is 11.3 Å². The summed E-state index contributed by atoms with van der Waals surface area (Å²) in [5.41, 5.74) is 3.85. The Kier molecular flexibility index (Phi) is 7.37. The van der Waals surface area contributed by atoms with E-state index in [4.69, 9.17) is 16.6 Å². The monoisotopic (exact) mass is 554 g/mol. The fraction of sp³-hybridized carbons (Fsp3) is 0.200. The van der Waals surface area contributed by atoms with E-state index in [9.17, 15) is 9.59 Å². The van der Waals surface area contributed by atoms with Gasteiger partial charge in [-0.05, 0) is 46.1 Å². The van der Waals surface area contributed by atoms with E-state index in [1.807, 2.05) is 54.6 Å². The van der Waals surface area contributed by atoms with Gasteiger partial charge >= 0.3 is 0 Å². The summed E-state index contributed by atoms with van der Waals surface area (Å²) < 4.78 is 2.49. The number of halogens is 2. The molecule has 0 saturated carbocycles. The molecule has 1 fully saturated rings. The predicted octanol–water partition coefficient (Wildman–Crippen LogP) is 5.28. The molecule has 3 N–H and O–H groups in total. The van der Waals surface area contributed by atoms with Gasteiger partial charge in [0.1, 0.15) is 11.9 Å². The molecule has 2 amide bonds. The Morgan fingerprint density at radius 1 is 1.20 bits per heavy atom. The van der Waals surface area contributed by atoms with Crippen LogP contribution in [0.25, 0.3) is 16.9 Å². The fourth-order valence-corrected chi connectivity index (χ4v) is 4.44. The van der Waals surface area contributed by atoms with E-state index in [1.165, 1.54) is 0 Å². The van der Waals surface area contributed by atoms with Crippen LogP contribution in [-0.4, -0.2) is 32.5 Å². The molecule has 180 valence electrons. The number of hydrogen-bond donors (Lipinski definition) is 3. The molecule has 1 saturated heterocycles. The van der Waals surface area contributed by atoms with Gasteiger partial charge in [-0.1, -0.05) is 49.4 Å². The van der Waals surface area contributed by atoms with Gasteiger partial charge in [0, 0.05) is 35.3 Å². The molecule has 0 radical (unpaired) electrons. The average Bonchev–Trinajstić information content (AvgIpc) is 3.44. The number of rotatable bonds is 6. The van der Waals surface area contributed by atoms with Gasteiger partial charge in [-0.15, -0.1) is 0 Å². The number of nitrogens with one attached hydrogen (secondary N) is 3. The lowest BCUT2D eigenvalue weighted by Crippen LogP contribution is -2.37. The minimum absolute atomic E-state index is 0. The molecule has 0 bridgehead atoms. The maximum absolute atomic E-state index is 12.4. The lowest BCUT2D eigenvalue weighted by Gasteiger charge is -2.14. The minimum Gasteiger partial charge on any atom is -0.366 e.